The smallest absolute Gasteiger partial charge is 0.289 e. The van der Waals surface area contributed by atoms with Gasteiger partial charge in [0, 0.05) is 12.0 Å². The lowest BCUT2D eigenvalue weighted by Crippen LogP contribution is -2.29. The molecule has 22 heavy (non-hydrogen) atoms. The molecule has 5 nitrogen and oxygen atoms in total. The number of nitrogens with zero attached hydrogens (tertiary/aromatic N) is 1. The van der Waals surface area contributed by atoms with Crippen molar-refractivity contribution >= 4 is 5.91 Å². The van der Waals surface area contributed by atoms with Crippen molar-refractivity contribution in [1.29, 1.82) is 0 Å². The van der Waals surface area contributed by atoms with Gasteiger partial charge in [0.25, 0.3) is 5.91 Å². The van der Waals surface area contributed by atoms with Crippen molar-refractivity contribution in [3.63, 3.8) is 0 Å². The topological polar surface area (TPSA) is 64.4 Å². The van der Waals surface area contributed by atoms with Gasteiger partial charge >= 0.3 is 0 Å². The second kappa shape index (κ2) is 5.79. The minimum Gasteiger partial charge on any atom is -0.491 e. The average molecular weight is 304 g/mol. The van der Waals surface area contributed by atoms with Crippen molar-refractivity contribution in [3.8, 4) is 5.75 Å². The number of aromatic nitrogens is 1. The van der Waals surface area contributed by atoms with Crippen LogP contribution in [0.4, 0.5) is 4.39 Å². The van der Waals surface area contributed by atoms with E-state index in [2.05, 4.69) is 10.3 Å². The number of hydrogen-bond acceptors (Lipinski definition) is 4. The first-order chi connectivity index (χ1) is 10.6. The first-order valence-electron chi connectivity index (χ1n) is 7.28. The molecule has 1 aliphatic heterocycles. The number of amides is 1. The first kappa shape index (κ1) is 14.6. The molecule has 1 atom stereocenters. The Morgan fingerprint density at radius 1 is 1.50 bits per heavy atom. The number of ether oxygens (including phenoxy) is 1. The second-order valence-corrected chi connectivity index (χ2v) is 5.29. The number of fused-ring (bicyclic) bond motifs is 1. The molecule has 0 radical (unpaired) electrons. The van der Waals surface area contributed by atoms with E-state index in [4.69, 9.17) is 9.15 Å². The highest BCUT2D eigenvalue weighted by Crippen LogP contribution is 2.32. The summed E-state index contributed by atoms with van der Waals surface area (Å²) in [5, 5.41) is 2.81. The number of oxazole rings is 1. The molecule has 3 rings (SSSR count). The maximum absolute atomic E-state index is 13.4. The molecule has 1 N–H and O–H groups in total. The average Bonchev–Trinajstić information content (AvgIpc) is 3.03. The van der Waals surface area contributed by atoms with Gasteiger partial charge in [-0.25, -0.2) is 9.37 Å². The quantitative estimate of drug-likeness (QED) is 0.943. The van der Waals surface area contributed by atoms with Crippen molar-refractivity contribution < 1.29 is 18.3 Å². The molecule has 0 bridgehead atoms. The van der Waals surface area contributed by atoms with Crippen LogP contribution in [0.15, 0.2) is 22.6 Å². The summed E-state index contributed by atoms with van der Waals surface area (Å²) < 4.78 is 24.3. The largest absolute Gasteiger partial charge is 0.491 e. The molecular formula is C16H17FN2O3. The van der Waals surface area contributed by atoms with Gasteiger partial charge < -0.3 is 14.5 Å². The van der Waals surface area contributed by atoms with Crippen LogP contribution in [-0.2, 0) is 6.42 Å². The first-order valence-corrected chi connectivity index (χ1v) is 7.28. The number of carbonyl (C=O) groups is 1. The molecule has 0 saturated heterocycles. The summed E-state index contributed by atoms with van der Waals surface area (Å²) in [6.07, 6.45) is 1.58. The Bertz CT molecular complexity index is 711. The number of halogens is 1. The molecule has 1 aliphatic rings. The summed E-state index contributed by atoms with van der Waals surface area (Å²) in [4.78, 5) is 16.6. The fourth-order valence-corrected chi connectivity index (χ4v) is 2.51. The van der Waals surface area contributed by atoms with Gasteiger partial charge in [-0.2, -0.15) is 0 Å². The van der Waals surface area contributed by atoms with Crippen LogP contribution in [0, 0.1) is 12.7 Å². The van der Waals surface area contributed by atoms with Gasteiger partial charge in [-0.05, 0) is 31.5 Å². The fraction of sp³-hybridized carbons (Fsp3) is 0.375. The summed E-state index contributed by atoms with van der Waals surface area (Å²) in [5.74, 6) is 0.628. The lowest BCUT2D eigenvalue weighted by molar-refractivity contribution is 0.0899. The summed E-state index contributed by atoms with van der Waals surface area (Å²) >= 11 is 0. The Balaban J connectivity index is 1.77. The number of aryl methyl sites for hydroxylation is 2. The van der Waals surface area contributed by atoms with E-state index in [0.717, 1.165) is 6.42 Å². The SMILES string of the molecule is CCCc1nc(C)c(C(=O)NC2COc3ccc(F)cc32)o1. The Kier molecular flexibility index (Phi) is 3.83. The van der Waals surface area contributed by atoms with Gasteiger partial charge in [-0.3, -0.25) is 4.79 Å². The molecule has 6 heteroatoms. The van der Waals surface area contributed by atoms with Gasteiger partial charge in [0.15, 0.2) is 5.89 Å². The predicted molar refractivity (Wildman–Crippen MR) is 77.3 cm³/mol. The summed E-state index contributed by atoms with van der Waals surface area (Å²) in [6, 6.07) is 3.89. The normalized spacial score (nSPS) is 16.2. The highest BCUT2D eigenvalue weighted by molar-refractivity contribution is 5.92. The van der Waals surface area contributed by atoms with Crippen molar-refractivity contribution in [2.45, 2.75) is 32.7 Å². The number of rotatable bonds is 4. The minimum atomic E-state index is -0.391. The van der Waals surface area contributed by atoms with E-state index in [1.807, 2.05) is 6.92 Å². The van der Waals surface area contributed by atoms with Gasteiger partial charge in [0.2, 0.25) is 5.76 Å². The third-order valence-corrected chi connectivity index (χ3v) is 3.57. The predicted octanol–water partition coefficient (Wildman–Crippen LogP) is 2.94. The zero-order chi connectivity index (χ0) is 15.7. The van der Waals surface area contributed by atoms with E-state index >= 15 is 0 Å². The maximum Gasteiger partial charge on any atom is 0.289 e. The van der Waals surface area contributed by atoms with Gasteiger partial charge in [0.1, 0.15) is 18.2 Å². The fourth-order valence-electron chi connectivity index (χ4n) is 2.51. The Morgan fingerprint density at radius 3 is 3.09 bits per heavy atom. The summed E-state index contributed by atoms with van der Waals surface area (Å²) in [6.45, 7) is 4.02. The molecule has 0 aliphatic carbocycles. The molecule has 0 spiro atoms. The highest BCUT2D eigenvalue weighted by atomic mass is 19.1. The molecule has 0 saturated carbocycles. The molecule has 1 aromatic heterocycles. The minimum absolute atomic E-state index is 0.202. The van der Waals surface area contributed by atoms with Crippen molar-refractivity contribution in [2.24, 2.45) is 0 Å². The van der Waals surface area contributed by atoms with Gasteiger partial charge in [-0.1, -0.05) is 6.92 Å². The van der Waals surface area contributed by atoms with Crippen LogP contribution in [0.1, 0.15) is 47.1 Å². The van der Waals surface area contributed by atoms with E-state index in [1.165, 1.54) is 12.1 Å². The zero-order valence-electron chi connectivity index (χ0n) is 12.5. The second-order valence-electron chi connectivity index (χ2n) is 5.29. The third kappa shape index (κ3) is 2.68. The zero-order valence-corrected chi connectivity index (χ0v) is 12.5. The number of hydrogen-bond donors (Lipinski definition) is 1. The number of carbonyl (C=O) groups excluding carboxylic acids is 1. The molecule has 2 heterocycles. The van der Waals surface area contributed by atoms with Crippen molar-refractivity contribution in [3.05, 3.63) is 46.9 Å². The molecule has 1 unspecified atom stereocenters. The van der Waals surface area contributed by atoms with E-state index in [0.29, 0.717) is 29.3 Å². The van der Waals surface area contributed by atoms with Crippen LogP contribution in [-0.4, -0.2) is 17.5 Å². The van der Waals surface area contributed by atoms with E-state index in [9.17, 15) is 9.18 Å². The van der Waals surface area contributed by atoms with Crippen LogP contribution < -0.4 is 10.1 Å². The molecule has 116 valence electrons. The third-order valence-electron chi connectivity index (χ3n) is 3.57. The standard InChI is InChI=1S/C16H17FN2O3/c1-3-4-14-18-9(2)15(22-14)16(20)19-12-8-21-13-6-5-10(17)7-11(12)13/h5-7,12H,3-4,8H2,1-2H3,(H,19,20). The molecule has 0 fully saturated rings. The highest BCUT2D eigenvalue weighted by Gasteiger charge is 2.28. The molecule has 2 aromatic rings. The van der Waals surface area contributed by atoms with Crippen molar-refractivity contribution in [2.75, 3.05) is 6.61 Å². The van der Waals surface area contributed by atoms with E-state index in [-0.39, 0.29) is 24.1 Å². The number of benzene rings is 1. The molecule has 1 amide bonds. The number of nitrogens with one attached hydrogen (secondary N) is 1. The molecular weight excluding hydrogens is 287 g/mol. The van der Waals surface area contributed by atoms with Crippen LogP contribution in [0.5, 0.6) is 5.75 Å². The Labute approximate surface area is 127 Å². The van der Waals surface area contributed by atoms with E-state index < -0.39 is 6.04 Å². The van der Waals surface area contributed by atoms with E-state index in [1.54, 1.807) is 13.0 Å². The van der Waals surface area contributed by atoms with Crippen LogP contribution in [0.25, 0.3) is 0 Å². The van der Waals surface area contributed by atoms with Gasteiger partial charge in [0.05, 0.1) is 11.7 Å². The monoisotopic (exact) mass is 304 g/mol. The van der Waals surface area contributed by atoms with Crippen LogP contribution >= 0.6 is 0 Å². The Hall–Kier alpha value is -2.37. The summed E-state index contributed by atoms with van der Waals surface area (Å²) in [7, 11) is 0. The van der Waals surface area contributed by atoms with Crippen LogP contribution in [0.3, 0.4) is 0 Å². The van der Waals surface area contributed by atoms with Crippen molar-refractivity contribution in [1.82, 2.24) is 10.3 Å². The Morgan fingerprint density at radius 2 is 2.32 bits per heavy atom. The summed E-state index contributed by atoms with van der Waals surface area (Å²) in [5.41, 5.74) is 1.19. The van der Waals surface area contributed by atoms with Gasteiger partial charge in [-0.15, -0.1) is 0 Å². The lowest BCUT2D eigenvalue weighted by atomic mass is 10.1. The molecule has 1 aromatic carbocycles. The van der Waals surface area contributed by atoms with Crippen LogP contribution in [0.2, 0.25) is 0 Å². The lowest BCUT2D eigenvalue weighted by Gasteiger charge is -2.10. The maximum atomic E-state index is 13.4.